The van der Waals surface area contributed by atoms with Gasteiger partial charge in [0, 0.05) is 31.4 Å². The molecule has 17 heteroatoms. The number of ether oxygens (including phenoxy) is 1. The number of unbranched alkanes of at least 4 members (excludes halogenated alkanes) is 5. The van der Waals surface area contributed by atoms with E-state index in [4.69, 9.17) is 27.7 Å². The summed E-state index contributed by atoms with van der Waals surface area (Å²) < 4.78 is 8.21. The molecule has 1 heterocycles. The fraction of sp³-hybridized carbons (Fsp3) is 0.535. The minimum absolute atomic E-state index is 0.00464. The number of nitrogens with zero attached hydrogens (tertiary/aromatic N) is 3. The molecular formula is C43H66N10O7. The van der Waals surface area contributed by atoms with Gasteiger partial charge < -0.3 is 58.4 Å². The van der Waals surface area contributed by atoms with Gasteiger partial charge in [-0.25, -0.2) is 4.79 Å². The van der Waals surface area contributed by atoms with Crippen LogP contribution in [0.15, 0.2) is 58.5 Å². The molecule has 0 spiro atoms. The topological polar surface area (TPSA) is 288 Å². The van der Waals surface area contributed by atoms with Gasteiger partial charge in [0.25, 0.3) is 5.91 Å². The summed E-state index contributed by atoms with van der Waals surface area (Å²) in [6.07, 6.45) is 6.39. The van der Waals surface area contributed by atoms with Crippen LogP contribution >= 0.6 is 0 Å². The van der Waals surface area contributed by atoms with Gasteiger partial charge in [0.2, 0.25) is 11.8 Å². The zero-order valence-corrected chi connectivity index (χ0v) is 35.5. The van der Waals surface area contributed by atoms with Crippen LogP contribution in [0.25, 0.3) is 10.9 Å². The van der Waals surface area contributed by atoms with Gasteiger partial charge in [-0.3, -0.25) is 24.4 Å². The summed E-state index contributed by atoms with van der Waals surface area (Å²) in [5.74, 6) is -2.55. The van der Waals surface area contributed by atoms with Gasteiger partial charge in [0.15, 0.2) is 11.9 Å². The lowest BCUT2D eigenvalue weighted by Gasteiger charge is -2.28. The van der Waals surface area contributed by atoms with Crippen molar-refractivity contribution in [1.29, 1.82) is 0 Å². The first-order valence-corrected chi connectivity index (χ1v) is 20.9. The number of nitrogens with one attached hydrogen (secondary N) is 3. The van der Waals surface area contributed by atoms with E-state index >= 15 is 0 Å². The van der Waals surface area contributed by atoms with Crippen molar-refractivity contribution in [2.75, 3.05) is 19.7 Å². The summed E-state index contributed by atoms with van der Waals surface area (Å²) in [4.78, 5) is 62.5. The minimum atomic E-state index is -1.17. The van der Waals surface area contributed by atoms with Gasteiger partial charge in [0.05, 0.1) is 12.1 Å². The number of carboxylic acid groups (broad SMARTS) is 1. The number of hydrogen-bond acceptors (Lipinski definition) is 8. The zero-order valence-electron chi connectivity index (χ0n) is 35.5. The summed E-state index contributed by atoms with van der Waals surface area (Å²) >= 11 is 0. The first-order chi connectivity index (χ1) is 28.6. The monoisotopic (exact) mass is 835 g/mol. The Morgan fingerprint density at radius 1 is 0.783 bits per heavy atom. The maximum atomic E-state index is 14.5. The number of hydrogen-bond donors (Lipinski definition) is 9. The van der Waals surface area contributed by atoms with E-state index in [1.807, 2.05) is 43.5 Å². The van der Waals surface area contributed by atoms with E-state index in [9.17, 15) is 29.4 Å². The number of aliphatic imine (C=N–C) groups is 2. The number of carbonyl (C=O) groups excluding carboxylic acids is 3. The van der Waals surface area contributed by atoms with E-state index in [1.165, 1.54) is 12.1 Å². The van der Waals surface area contributed by atoms with Crippen LogP contribution in [0.5, 0.6) is 11.5 Å². The number of aryl methyl sites for hydroxylation is 1. The number of carbonyl (C=O) groups is 4. The van der Waals surface area contributed by atoms with E-state index in [0.717, 1.165) is 55.8 Å². The molecule has 0 radical (unpaired) electrons. The third-order valence-corrected chi connectivity index (χ3v) is 10.2. The zero-order chi connectivity index (χ0) is 44.2. The van der Waals surface area contributed by atoms with Gasteiger partial charge in [0.1, 0.15) is 35.3 Å². The molecule has 0 fully saturated rings. The molecule has 3 amide bonds. The highest BCUT2D eigenvalue weighted by atomic mass is 16.5. The van der Waals surface area contributed by atoms with Gasteiger partial charge >= 0.3 is 5.97 Å². The second-order valence-electron chi connectivity index (χ2n) is 15.6. The molecule has 0 aliphatic carbocycles. The third-order valence-electron chi connectivity index (χ3n) is 10.2. The standard InChI is InChI=1S/C43H66N10O7/c1-5-28(4)36(40(57)51-33(41(58)59)24-27(2)3)52-38(55)32(25-29-16-18-31(54)19-17-29)50-39(56)34-26-30-14-13-15-35(60-23-12-8-10-21-49-43(46)47)37(30)53(34)22-11-7-6-9-20-48-42(44)45/h13-19,26-28,32-33,36,54H,5-12,20-25H2,1-4H3,(H,50,56)(H,51,57)(H,52,55)(H,58,59)(H4,44,45,48)(H4,46,47,49)/t28-,32-,33-,36-/m0/s1. The van der Waals surface area contributed by atoms with Crippen LogP contribution in [0.2, 0.25) is 0 Å². The quantitative estimate of drug-likeness (QED) is 0.0304. The van der Waals surface area contributed by atoms with Gasteiger partial charge in [-0.05, 0) is 80.2 Å². The Morgan fingerprint density at radius 2 is 1.42 bits per heavy atom. The van der Waals surface area contributed by atoms with Crippen LogP contribution < -0.4 is 43.6 Å². The van der Waals surface area contributed by atoms with Crippen molar-refractivity contribution in [2.24, 2.45) is 44.8 Å². The van der Waals surface area contributed by atoms with Crippen LogP contribution in [-0.2, 0) is 27.3 Å². The van der Waals surface area contributed by atoms with Crippen molar-refractivity contribution >= 4 is 46.5 Å². The molecule has 0 bridgehead atoms. The first kappa shape index (κ1) is 48.4. The molecule has 330 valence electrons. The highest BCUT2D eigenvalue weighted by Gasteiger charge is 2.33. The number of phenols is 1. The molecule has 0 aliphatic rings. The second-order valence-corrected chi connectivity index (χ2v) is 15.6. The normalized spacial score (nSPS) is 13.2. The van der Waals surface area contributed by atoms with Gasteiger partial charge in [-0.2, -0.15) is 0 Å². The number of phenolic OH excluding ortho intramolecular Hbond substituents is 1. The number of nitrogens with two attached hydrogens (primary N) is 4. The summed E-state index contributed by atoms with van der Waals surface area (Å²) in [6.45, 7) is 9.34. The van der Waals surface area contributed by atoms with Crippen molar-refractivity contribution in [3.05, 3.63) is 59.8 Å². The number of aliphatic carboxylic acids is 1. The summed E-state index contributed by atoms with van der Waals surface area (Å²) in [5, 5.41) is 28.9. The number of aromatic nitrogens is 1. The number of carboxylic acids is 1. The summed E-state index contributed by atoms with van der Waals surface area (Å²) in [7, 11) is 0. The molecule has 17 nitrogen and oxygen atoms in total. The molecular weight excluding hydrogens is 769 g/mol. The van der Waals surface area contributed by atoms with Crippen molar-refractivity contribution in [1.82, 2.24) is 20.5 Å². The molecule has 3 aromatic rings. The highest BCUT2D eigenvalue weighted by Crippen LogP contribution is 2.30. The Labute approximate surface area is 352 Å². The molecule has 0 saturated heterocycles. The number of amides is 3. The Morgan fingerprint density at radius 3 is 2.02 bits per heavy atom. The lowest BCUT2D eigenvalue weighted by atomic mass is 9.96. The second kappa shape index (κ2) is 24.8. The Kier molecular flexibility index (Phi) is 20.0. The van der Waals surface area contributed by atoms with Crippen LogP contribution in [0.3, 0.4) is 0 Å². The van der Waals surface area contributed by atoms with Crippen LogP contribution in [0, 0.1) is 11.8 Å². The van der Waals surface area contributed by atoms with Crippen molar-refractivity contribution in [2.45, 2.75) is 117 Å². The predicted molar refractivity (Wildman–Crippen MR) is 235 cm³/mol. The average Bonchev–Trinajstić information content (AvgIpc) is 3.57. The smallest absolute Gasteiger partial charge is 0.326 e. The van der Waals surface area contributed by atoms with Crippen LogP contribution in [-0.4, -0.2) is 88.2 Å². The number of aromatic hydroxyl groups is 1. The van der Waals surface area contributed by atoms with E-state index < -0.39 is 41.8 Å². The Hall–Kier alpha value is -6.00. The third kappa shape index (κ3) is 16.0. The number of para-hydroxylation sites is 1. The predicted octanol–water partition coefficient (Wildman–Crippen LogP) is 3.49. The minimum Gasteiger partial charge on any atom is -0.508 e. The SMILES string of the molecule is CC[C@H](C)[C@H](NC(=O)[C@H](Cc1ccc(O)cc1)NC(=O)c1cc2cccc(OCCCCCN=C(N)N)c2n1CCCCCCN=C(N)N)C(=O)N[C@@H](CC(C)C)C(=O)O. The Balaban J connectivity index is 1.95. The number of guanidine groups is 2. The van der Waals surface area contributed by atoms with Crippen LogP contribution in [0.4, 0.5) is 0 Å². The molecule has 0 unspecified atom stereocenters. The number of fused-ring (bicyclic) bond motifs is 1. The van der Waals surface area contributed by atoms with E-state index in [-0.39, 0.29) is 42.3 Å². The molecule has 1 aromatic heterocycles. The summed E-state index contributed by atoms with van der Waals surface area (Å²) in [5.41, 5.74) is 23.5. The highest BCUT2D eigenvalue weighted by molar-refractivity contribution is 6.02. The molecule has 3 rings (SSSR count). The summed E-state index contributed by atoms with van der Waals surface area (Å²) in [6, 6.07) is 10.3. The van der Waals surface area contributed by atoms with E-state index in [1.54, 1.807) is 25.1 Å². The Bertz CT molecular complexity index is 1900. The van der Waals surface area contributed by atoms with Crippen molar-refractivity contribution in [3.63, 3.8) is 0 Å². The average molecular weight is 835 g/mol. The largest absolute Gasteiger partial charge is 0.508 e. The van der Waals surface area contributed by atoms with Crippen LogP contribution in [0.1, 0.15) is 102 Å². The molecule has 2 aromatic carbocycles. The lowest BCUT2D eigenvalue weighted by molar-refractivity contribution is -0.143. The fourth-order valence-electron chi connectivity index (χ4n) is 6.77. The molecule has 13 N–H and O–H groups in total. The van der Waals surface area contributed by atoms with E-state index in [0.29, 0.717) is 49.7 Å². The molecule has 60 heavy (non-hydrogen) atoms. The fourth-order valence-corrected chi connectivity index (χ4v) is 6.77. The maximum absolute atomic E-state index is 14.5. The first-order valence-electron chi connectivity index (χ1n) is 20.9. The van der Waals surface area contributed by atoms with Crippen molar-refractivity contribution < 1.29 is 34.1 Å². The van der Waals surface area contributed by atoms with E-state index in [2.05, 4.69) is 25.9 Å². The maximum Gasteiger partial charge on any atom is 0.326 e. The van der Waals surface area contributed by atoms with Crippen molar-refractivity contribution in [3.8, 4) is 11.5 Å². The van der Waals surface area contributed by atoms with Gasteiger partial charge in [-0.15, -0.1) is 0 Å². The molecule has 0 aliphatic heterocycles. The number of benzene rings is 2. The molecule has 4 atom stereocenters. The molecule has 0 saturated carbocycles. The lowest BCUT2D eigenvalue weighted by Crippen LogP contribution is -2.58. The van der Waals surface area contributed by atoms with Gasteiger partial charge in [-0.1, -0.05) is 71.2 Å². The number of rotatable bonds is 27.